The number of rotatable bonds is 6. The van der Waals surface area contributed by atoms with E-state index in [0.717, 1.165) is 12.8 Å². The monoisotopic (exact) mass is 363 g/mol. The second-order valence-electron chi connectivity index (χ2n) is 4.50. The molecule has 0 spiro atoms. The van der Waals surface area contributed by atoms with E-state index in [1.54, 1.807) is 6.07 Å². The van der Waals surface area contributed by atoms with E-state index in [-0.39, 0.29) is 4.90 Å². The molecule has 1 aromatic carbocycles. The summed E-state index contributed by atoms with van der Waals surface area (Å²) in [5.41, 5.74) is 0. The van der Waals surface area contributed by atoms with Crippen LogP contribution in [0.15, 0.2) is 23.1 Å². The maximum absolute atomic E-state index is 12.2. The molecule has 2 rings (SSSR count). The Balaban J connectivity index is 2.05. The van der Waals surface area contributed by atoms with Gasteiger partial charge in [0.05, 0.1) is 4.90 Å². The summed E-state index contributed by atoms with van der Waals surface area (Å²) in [5.74, 6) is 1.06. The van der Waals surface area contributed by atoms with E-state index >= 15 is 0 Å². The first kappa shape index (κ1) is 15.6. The molecule has 0 amide bonds. The molecule has 7 heteroatoms. The number of fused-ring (bicyclic) bond motifs is 1. The Labute approximate surface area is 127 Å². The Hall–Kier alpha value is -0.790. The lowest BCUT2D eigenvalue weighted by molar-refractivity contribution is 0.171. The molecule has 1 aliphatic rings. The standard InChI is InChI=1S/C13H18BrNO4S/c1-2-10(14)5-6-15-20(16,17)11-3-4-12-13(9-11)19-8-7-18-12/h3-4,9-10,15H,2,5-8H2,1H3. The quantitative estimate of drug-likeness (QED) is 0.787. The van der Waals surface area contributed by atoms with Crippen LogP contribution in [-0.4, -0.2) is 33.0 Å². The average Bonchev–Trinajstić information content (AvgIpc) is 2.46. The number of hydrogen-bond acceptors (Lipinski definition) is 4. The van der Waals surface area contributed by atoms with Crippen LogP contribution in [0.5, 0.6) is 11.5 Å². The minimum Gasteiger partial charge on any atom is -0.486 e. The molecule has 0 bridgehead atoms. The normalized spacial score (nSPS) is 15.9. The van der Waals surface area contributed by atoms with Gasteiger partial charge >= 0.3 is 0 Å². The molecule has 0 aromatic heterocycles. The van der Waals surface area contributed by atoms with Crippen LogP contribution in [0.2, 0.25) is 0 Å². The van der Waals surface area contributed by atoms with Crippen LogP contribution in [-0.2, 0) is 10.0 Å². The van der Waals surface area contributed by atoms with Crippen molar-refractivity contribution in [3.05, 3.63) is 18.2 Å². The third-order valence-electron chi connectivity index (χ3n) is 3.02. The zero-order valence-corrected chi connectivity index (χ0v) is 13.7. The topological polar surface area (TPSA) is 64.6 Å². The number of ether oxygens (including phenoxy) is 2. The molecule has 0 fully saturated rings. The lowest BCUT2D eigenvalue weighted by atomic mass is 10.2. The van der Waals surface area contributed by atoms with Gasteiger partial charge in [0.15, 0.2) is 11.5 Å². The number of alkyl halides is 1. The number of benzene rings is 1. The summed E-state index contributed by atoms with van der Waals surface area (Å²) in [7, 11) is -3.50. The Morgan fingerprint density at radius 2 is 2.00 bits per heavy atom. The highest BCUT2D eigenvalue weighted by Crippen LogP contribution is 2.32. The van der Waals surface area contributed by atoms with Gasteiger partial charge < -0.3 is 9.47 Å². The Morgan fingerprint density at radius 1 is 1.30 bits per heavy atom. The summed E-state index contributed by atoms with van der Waals surface area (Å²) in [6, 6.07) is 4.66. The molecular weight excluding hydrogens is 346 g/mol. The van der Waals surface area contributed by atoms with Crippen LogP contribution < -0.4 is 14.2 Å². The molecule has 5 nitrogen and oxygen atoms in total. The molecule has 0 saturated heterocycles. The summed E-state index contributed by atoms with van der Waals surface area (Å²) < 4.78 is 37.7. The van der Waals surface area contributed by atoms with E-state index < -0.39 is 10.0 Å². The number of sulfonamides is 1. The highest BCUT2D eigenvalue weighted by Gasteiger charge is 2.19. The van der Waals surface area contributed by atoms with E-state index in [0.29, 0.717) is 36.1 Å². The van der Waals surface area contributed by atoms with Gasteiger partial charge in [0.1, 0.15) is 13.2 Å². The first-order chi connectivity index (χ1) is 9.53. The molecule has 0 aliphatic carbocycles. The van der Waals surface area contributed by atoms with Gasteiger partial charge in [-0.15, -0.1) is 0 Å². The van der Waals surface area contributed by atoms with Crippen LogP contribution in [0.3, 0.4) is 0 Å². The van der Waals surface area contributed by atoms with E-state index in [4.69, 9.17) is 9.47 Å². The fourth-order valence-corrected chi connectivity index (χ4v) is 3.12. The molecule has 0 radical (unpaired) electrons. The summed E-state index contributed by atoms with van der Waals surface area (Å²) >= 11 is 3.48. The van der Waals surface area contributed by atoms with E-state index in [1.807, 2.05) is 0 Å². The van der Waals surface area contributed by atoms with Crippen LogP contribution in [0, 0.1) is 0 Å². The van der Waals surface area contributed by atoms with Crippen molar-refractivity contribution in [1.82, 2.24) is 4.72 Å². The van der Waals surface area contributed by atoms with Gasteiger partial charge in [0.25, 0.3) is 0 Å². The summed E-state index contributed by atoms with van der Waals surface area (Å²) in [4.78, 5) is 0.523. The zero-order chi connectivity index (χ0) is 14.6. The van der Waals surface area contributed by atoms with Gasteiger partial charge in [-0.3, -0.25) is 0 Å². The van der Waals surface area contributed by atoms with Crippen molar-refractivity contribution >= 4 is 26.0 Å². The Morgan fingerprint density at radius 3 is 2.70 bits per heavy atom. The number of halogens is 1. The SMILES string of the molecule is CCC(Br)CCNS(=O)(=O)c1ccc2c(c1)OCCO2. The first-order valence-corrected chi connectivity index (χ1v) is 8.96. The molecule has 1 unspecified atom stereocenters. The van der Waals surface area contributed by atoms with Crippen molar-refractivity contribution in [2.45, 2.75) is 29.5 Å². The van der Waals surface area contributed by atoms with Gasteiger partial charge in [-0.1, -0.05) is 22.9 Å². The van der Waals surface area contributed by atoms with Crippen molar-refractivity contribution in [3.63, 3.8) is 0 Å². The van der Waals surface area contributed by atoms with Crippen molar-refractivity contribution < 1.29 is 17.9 Å². The van der Waals surface area contributed by atoms with Gasteiger partial charge in [-0.25, -0.2) is 13.1 Å². The highest BCUT2D eigenvalue weighted by molar-refractivity contribution is 9.09. The number of hydrogen-bond donors (Lipinski definition) is 1. The molecule has 1 aromatic rings. The smallest absolute Gasteiger partial charge is 0.240 e. The van der Waals surface area contributed by atoms with Gasteiger partial charge in [-0.2, -0.15) is 0 Å². The van der Waals surface area contributed by atoms with Gasteiger partial charge in [0, 0.05) is 17.4 Å². The summed E-state index contributed by atoms with van der Waals surface area (Å²) in [5, 5.41) is 0. The van der Waals surface area contributed by atoms with Crippen LogP contribution in [0.4, 0.5) is 0 Å². The van der Waals surface area contributed by atoms with E-state index in [2.05, 4.69) is 27.6 Å². The fourth-order valence-electron chi connectivity index (χ4n) is 1.83. The molecule has 0 saturated carbocycles. The molecule has 1 heterocycles. The molecular formula is C13H18BrNO4S. The van der Waals surface area contributed by atoms with Crippen molar-refractivity contribution in [3.8, 4) is 11.5 Å². The highest BCUT2D eigenvalue weighted by atomic mass is 79.9. The second kappa shape index (κ2) is 6.78. The molecule has 112 valence electrons. The van der Waals surface area contributed by atoms with Crippen molar-refractivity contribution in [2.24, 2.45) is 0 Å². The Kier molecular flexibility index (Phi) is 5.29. The maximum Gasteiger partial charge on any atom is 0.240 e. The predicted molar refractivity (Wildman–Crippen MR) is 80.2 cm³/mol. The van der Waals surface area contributed by atoms with Gasteiger partial charge in [0.2, 0.25) is 10.0 Å². The molecule has 1 atom stereocenters. The van der Waals surface area contributed by atoms with Gasteiger partial charge in [-0.05, 0) is 25.0 Å². The predicted octanol–water partition coefficient (Wildman–Crippen LogP) is 2.30. The zero-order valence-electron chi connectivity index (χ0n) is 11.3. The number of nitrogens with one attached hydrogen (secondary N) is 1. The molecule has 1 aliphatic heterocycles. The van der Waals surface area contributed by atoms with Crippen LogP contribution in [0.1, 0.15) is 19.8 Å². The Bertz CT molecular complexity index is 561. The lowest BCUT2D eigenvalue weighted by Crippen LogP contribution is -2.26. The fraction of sp³-hybridized carbons (Fsp3) is 0.538. The molecule has 20 heavy (non-hydrogen) atoms. The average molecular weight is 364 g/mol. The second-order valence-corrected chi connectivity index (χ2v) is 7.56. The first-order valence-electron chi connectivity index (χ1n) is 6.56. The van der Waals surface area contributed by atoms with E-state index in [9.17, 15) is 8.42 Å². The van der Waals surface area contributed by atoms with Crippen LogP contribution in [0.25, 0.3) is 0 Å². The lowest BCUT2D eigenvalue weighted by Gasteiger charge is -2.19. The van der Waals surface area contributed by atoms with Crippen LogP contribution >= 0.6 is 15.9 Å². The van der Waals surface area contributed by atoms with Crippen molar-refractivity contribution in [1.29, 1.82) is 0 Å². The van der Waals surface area contributed by atoms with Crippen molar-refractivity contribution in [2.75, 3.05) is 19.8 Å². The largest absolute Gasteiger partial charge is 0.486 e. The summed E-state index contributed by atoms with van der Waals surface area (Å²) in [6.07, 6.45) is 1.71. The third-order valence-corrected chi connectivity index (χ3v) is 5.58. The minimum atomic E-state index is -3.50. The maximum atomic E-state index is 12.2. The van der Waals surface area contributed by atoms with E-state index in [1.165, 1.54) is 12.1 Å². The molecule has 1 N–H and O–H groups in total. The third kappa shape index (κ3) is 3.86. The summed E-state index contributed by atoms with van der Waals surface area (Å²) in [6.45, 7) is 3.38. The minimum absolute atomic E-state index is 0.198.